The molecule has 0 saturated carbocycles. The van der Waals surface area contributed by atoms with Crippen molar-refractivity contribution in [3.05, 3.63) is 95.5 Å². The van der Waals surface area contributed by atoms with E-state index >= 15 is 0 Å². The molecule has 6 nitrogen and oxygen atoms in total. The van der Waals surface area contributed by atoms with E-state index in [4.69, 9.17) is 5.73 Å². The number of anilines is 1. The molecule has 2 amide bonds. The number of nitrogens with one attached hydrogen (secondary N) is 1. The minimum Gasteiger partial charge on any atom is -0.344 e. The summed E-state index contributed by atoms with van der Waals surface area (Å²) in [5, 5.41) is 5.87. The van der Waals surface area contributed by atoms with Crippen molar-refractivity contribution >= 4 is 28.8 Å². The molecule has 0 fully saturated rings. The zero-order chi connectivity index (χ0) is 26.7. The first kappa shape index (κ1) is 25.8. The van der Waals surface area contributed by atoms with Gasteiger partial charge in [-0.3, -0.25) is 9.59 Å². The quantitative estimate of drug-likeness (QED) is 0.331. The molecule has 0 bridgehead atoms. The van der Waals surface area contributed by atoms with Gasteiger partial charge in [-0.25, -0.2) is 4.98 Å². The number of carbonyl (C=O) groups excluding carboxylic acids is 2. The van der Waals surface area contributed by atoms with E-state index in [9.17, 15) is 9.59 Å². The lowest BCUT2D eigenvalue weighted by Crippen LogP contribution is -2.49. The fourth-order valence-corrected chi connectivity index (χ4v) is 5.62. The Morgan fingerprint density at radius 1 is 1.08 bits per heavy atom. The van der Waals surface area contributed by atoms with Gasteiger partial charge < -0.3 is 16.0 Å². The zero-order valence-corrected chi connectivity index (χ0v) is 22.5. The van der Waals surface area contributed by atoms with Crippen LogP contribution in [0.1, 0.15) is 37.8 Å². The number of aryl methyl sites for hydroxylation is 1. The van der Waals surface area contributed by atoms with Crippen molar-refractivity contribution < 1.29 is 9.59 Å². The van der Waals surface area contributed by atoms with E-state index in [1.807, 2.05) is 66.7 Å². The molecule has 2 heterocycles. The maximum absolute atomic E-state index is 13.9. The smallest absolute Gasteiger partial charge is 0.249 e. The van der Waals surface area contributed by atoms with E-state index in [1.54, 1.807) is 11.3 Å². The summed E-state index contributed by atoms with van der Waals surface area (Å²) in [6.45, 7) is 4.00. The molecule has 0 aliphatic carbocycles. The van der Waals surface area contributed by atoms with Crippen molar-refractivity contribution in [2.45, 2.75) is 51.2 Å². The number of hydrogen-bond acceptors (Lipinski definition) is 5. The monoisotopic (exact) mass is 524 g/mol. The number of hydrogen-bond donors (Lipinski definition) is 2. The van der Waals surface area contributed by atoms with E-state index in [0.29, 0.717) is 19.4 Å². The zero-order valence-electron chi connectivity index (χ0n) is 21.7. The minimum absolute atomic E-state index is 0.110. The van der Waals surface area contributed by atoms with Crippen molar-refractivity contribution in [1.82, 2.24) is 10.3 Å². The molecule has 194 valence electrons. The second kappa shape index (κ2) is 10.9. The number of rotatable bonds is 7. The van der Waals surface area contributed by atoms with Gasteiger partial charge in [-0.1, -0.05) is 60.7 Å². The van der Waals surface area contributed by atoms with E-state index in [1.165, 1.54) is 0 Å². The molecule has 1 aliphatic rings. The summed E-state index contributed by atoms with van der Waals surface area (Å²) in [5.74, 6) is -0.318. The molecule has 3 aromatic carbocycles. The van der Waals surface area contributed by atoms with Gasteiger partial charge in [0.05, 0.1) is 6.54 Å². The van der Waals surface area contributed by atoms with Gasteiger partial charge in [0.1, 0.15) is 11.0 Å². The third kappa shape index (κ3) is 5.85. The summed E-state index contributed by atoms with van der Waals surface area (Å²) in [7, 11) is 0. The molecule has 0 saturated heterocycles. The highest BCUT2D eigenvalue weighted by Crippen LogP contribution is 2.35. The van der Waals surface area contributed by atoms with Crippen molar-refractivity contribution in [3.8, 4) is 21.7 Å². The molecule has 1 aliphatic heterocycles. The standard InChI is InChI=1S/C31H32N4O2S/c1-31(2,32)19-28(36)34-26-15-13-23-10-6-7-11-27(23)35(30(26)37)20-21-12-14-24(22-8-4-3-5-9-22)25(18-21)29-33-16-17-38-29/h3-12,14,16-18,26H,13,15,19-20,32H2,1-2H3,(H,34,36)/t26-/m1/s1. The van der Waals surface area contributed by atoms with E-state index in [-0.39, 0.29) is 18.2 Å². The van der Waals surface area contributed by atoms with Crippen molar-refractivity contribution in [1.29, 1.82) is 0 Å². The van der Waals surface area contributed by atoms with Crippen LogP contribution in [0.5, 0.6) is 0 Å². The maximum atomic E-state index is 13.9. The molecule has 38 heavy (non-hydrogen) atoms. The van der Waals surface area contributed by atoms with Crippen LogP contribution in [0.3, 0.4) is 0 Å². The summed E-state index contributed by atoms with van der Waals surface area (Å²) < 4.78 is 0. The van der Waals surface area contributed by atoms with Gasteiger partial charge in [-0.2, -0.15) is 0 Å². The lowest BCUT2D eigenvalue weighted by Gasteiger charge is -2.27. The number of thiazole rings is 1. The van der Waals surface area contributed by atoms with Gasteiger partial charge in [-0.05, 0) is 61.1 Å². The SMILES string of the molecule is CC(C)(N)CC(=O)N[C@@H]1CCc2ccccc2N(Cc2ccc(-c3ccccc3)c(-c3nccs3)c2)C1=O. The van der Waals surface area contributed by atoms with Crippen LogP contribution in [-0.2, 0) is 22.6 Å². The number of fused-ring (bicyclic) bond motifs is 1. The van der Waals surface area contributed by atoms with Crippen LogP contribution in [-0.4, -0.2) is 28.4 Å². The first-order valence-electron chi connectivity index (χ1n) is 12.8. The second-order valence-electron chi connectivity index (χ2n) is 10.5. The molecule has 0 radical (unpaired) electrons. The average molecular weight is 525 g/mol. The maximum Gasteiger partial charge on any atom is 0.249 e. The molecule has 0 spiro atoms. The molecular weight excluding hydrogens is 492 g/mol. The van der Waals surface area contributed by atoms with Gasteiger partial charge >= 0.3 is 0 Å². The van der Waals surface area contributed by atoms with E-state index < -0.39 is 11.6 Å². The van der Waals surface area contributed by atoms with Gasteiger partial charge in [0.15, 0.2) is 0 Å². The highest BCUT2D eigenvalue weighted by Gasteiger charge is 2.32. The Kier molecular flexibility index (Phi) is 7.40. The summed E-state index contributed by atoms with van der Waals surface area (Å²) in [6.07, 6.45) is 3.21. The number of carbonyl (C=O) groups is 2. The highest BCUT2D eigenvalue weighted by molar-refractivity contribution is 7.13. The third-order valence-electron chi connectivity index (χ3n) is 6.67. The number of para-hydroxylation sites is 1. The number of nitrogens with zero attached hydrogens (tertiary/aromatic N) is 2. The molecule has 4 aromatic rings. The Morgan fingerprint density at radius 2 is 1.84 bits per heavy atom. The summed E-state index contributed by atoms with van der Waals surface area (Å²) in [6, 6.07) is 23.9. The van der Waals surface area contributed by atoms with E-state index in [2.05, 4.69) is 46.7 Å². The second-order valence-corrected chi connectivity index (χ2v) is 11.4. The summed E-state index contributed by atoms with van der Waals surface area (Å²) in [5.41, 5.74) is 11.6. The molecule has 3 N–H and O–H groups in total. The average Bonchev–Trinajstić information content (AvgIpc) is 3.40. The summed E-state index contributed by atoms with van der Waals surface area (Å²) >= 11 is 1.59. The molecule has 0 unspecified atom stereocenters. The normalized spacial score (nSPS) is 15.6. The Hall–Kier alpha value is -3.81. The highest BCUT2D eigenvalue weighted by atomic mass is 32.1. The van der Waals surface area contributed by atoms with Gasteiger partial charge in [-0.15, -0.1) is 11.3 Å². The van der Waals surface area contributed by atoms with E-state index in [0.717, 1.165) is 38.5 Å². The first-order valence-corrected chi connectivity index (χ1v) is 13.7. The van der Waals surface area contributed by atoms with Crippen LogP contribution in [0.4, 0.5) is 5.69 Å². The van der Waals surface area contributed by atoms with Gasteiger partial charge in [0.2, 0.25) is 11.8 Å². The molecular formula is C31H32N4O2S. The lowest BCUT2D eigenvalue weighted by molar-refractivity contribution is -0.128. The number of amides is 2. The van der Waals surface area contributed by atoms with Gasteiger partial charge in [0, 0.05) is 34.8 Å². The minimum atomic E-state index is -0.646. The Bertz CT molecular complexity index is 1430. The summed E-state index contributed by atoms with van der Waals surface area (Å²) in [4.78, 5) is 33.0. The fraction of sp³-hybridized carbons (Fsp3) is 0.258. The fourth-order valence-electron chi connectivity index (χ4n) is 4.95. The first-order chi connectivity index (χ1) is 18.3. The Morgan fingerprint density at radius 3 is 2.58 bits per heavy atom. The van der Waals surface area contributed by atoms with Crippen LogP contribution in [0, 0.1) is 0 Å². The van der Waals surface area contributed by atoms with Crippen LogP contribution in [0.15, 0.2) is 84.4 Å². The molecule has 1 atom stereocenters. The van der Waals surface area contributed by atoms with Gasteiger partial charge in [0.25, 0.3) is 0 Å². The number of benzene rings is 3. The van der Waals surface area contributed by atoms with Crippen LogP contribution in [0.25, 0.3) is 21.7 Å². The van der Waals surface area contributed by atoms with Crippen molar-refractivity contribution in [3.63, 3.8) is 0 Å². The molecule has 7 heteroatoms. The topological polar surface area (TPSA) is 88.3 Å². The third-order valence-corrected chi connectivity index (χ3v) is 7.48. The molecule has 1 aromatic heterocycles. The van der Waals surface area contributed by atoms with Crippen molar-refractivity contribution in [2.24, 2.45) is 5.73 Å². The Labute approximate surface area is 227 Å². The largest absolute Gasteiger partial charge is 0.344 e. The van der Waals surface area contributed by atoms with Crippen LogP contribution in [0.2, 0.25) is 0 Å². The number of nitrogens with two attached hydrogens (primary N) is 1. The Balaban J connectivity index is 1.49. The number of aromatic nitrogens is 1. The molecule has 5 rings (SSSR count). The van der Waals surface area contributed by atoms with Crippen LogP contribution < -0.4 is 16.0 Å². The van der Waals surface area contributed by atoms with Crippen molar-refractivity contribution in [2.75, 3.05) is 4.90 Å². The van der Waals surface area contributed by atoms with Crippen LogP contribution >= 0.6 is 11.3 Å². The predicted molar refractivity (Wildman–Crippen MR) is 154 cm³/mol. The lowest BCUT2D eigenvalue weighted by atomic mass is 9.97. The predicted octanol–water partition coefficient (Wildman–Crippen LogP) is 5.57.